The molecule has 1 aliphatic heterocycles. The van der Waals surface area contributed by atoms with Crippen LogP contribution in [0.15, 0.2) is 52.9 Å². The minimum Gasteiger partial charge on any atom is -0.378 e. The van der Waals surface area contributed by atoms with E-state index in [1.54, 1.807) is 17.6 Å². The van der Waals surface area contributed by atoms with Crippen LogP contribution in [0, 0.1) is 0 Å². The summed E-state index contributed by atoms with van der Waals surface area (Å²) in [4.78, 5) is 16.6. The van der Waals surface area contributed by atoms with Crippen LogP contribution in [0.1, 0.15) is 4.88 Å². The third kappa shape index (κ3) is 4.78. The maximum Gasteiger partial charge on any atom is 0.250 e. The minimum atomic E-state index is 0.387. The van der Waals surface area contributed by atoms with Crippen LogP contribution in [-0.4, -0.2) is 47.5 Å². The first-order chi connectivity index (χ1) is 13.4. The summed E-state index contributed by atoms with van der Waals surface area (Å²) in [7, 11) is 0. The summed E-state index contributed by atoms with van der Waals surface area (Å²) in [5.41, 5.74) is 3.81. The van der Waals surface area contributed by atoms with Gasteiger partial charge < -0.3 is 15.0 Å². The number of anilines is 4. The molecule has 0 radical (unpaired) electrons. The average molecular weight is 381 g/mol. The molecule has 4 rings (SSSR count). The van der Waals surface area contributed by atoms with Gasteiger partial charge in [0.1, 0.15) is 0 Å². The molecule has 1 aromatic carbocycles. The van der Waals surface area contributed by atoms with Crippen LogP contribution < -0.4 is 15.6 Å². The van der Waals surface area contributed by atoms with Gasteiger partial charge >= 0.3 is 0 Å². The summed E-state index contributed by atoms with van der Waals surface area (Å²) < 4.78 is 5.42. The Labute approximate surface area is 161 Å². The lowest BCUT2D eigenvalue weighted by Crippen LogP contribution is -2.37. The second kappa shape index (κ2) is 8.56. The maximum atomic E-state index is 5.42. The number of thiophene rings is 1. The fourth-order valence-electron chi connectivity index (χ4n) is 2.54. The van der Waals surface area contributed by atoms with Crippen LogP contribution in [0.25, 0.3) is 0 Å². The van der Waals surface area contributed by atoms with Crippen molar-refractivity contribution in [1.82, 2.24) is 15.0 Å². The molecule has 0 atom stereocenters. The summed E-state index contributed by atoms with van der Waals surface area (Å²) in [6, 6.07) is 13.8. The van der Waals surface area contributed by atoms with Crippen LogP contribution in [-0.2, 0) is 4.74 Å². The van der Waals surface area contributed by atoms with Crippen molar-refractivity contribution in [3.8, 4) is 0 Å². The fraction of sp³-hybridized carbons (Fsp3) is 0.222. The van der Waals surface area contributed by atoms with Crippen molar-refractivity contribution >= 4 is 41.1 Å². The van der Waals surface area contributed by atoms with Crippen LogP contribution in [0.3, 0.4) is 0 Å². The van der Waals surface area contributed by atoms with Gasteiger partial charge in [-0.15, -0.1) is 11.3 Å². The highest BCUT2D eigenvalue weighted by atomic mass is 32.1. The molecule has 8 nitrogen and oxygen atoms in total. The van der Waals surface area contributed by atoms with Crippen molar-refractivity contribution in [3.05, 3.63) is 52.7 Å². The maximum absolute atomic E-state index is 5.42. The van der Waals surface area contributed by atoms with E-state index >= 15 is 0 Å². The monoisotopic (exact) mass is 381 g/mol. The number of hydrogen-bond acceptors (Lipinski definition) is 9. The number of para-hydroxylation sites is 1. The molecule has 3 aromatic rings. The summed E-state index contributed by atoms with van der Waals surface area (Å²) >= 11 is 1.61. The average Bonchev–Trinajstić information content (AvgIpc) is 3.23. The highest BCUT2D eigenvalue weighted by Crippen LogP contribution is 2.18. The Morgan fingerprint density at radius 2 is 1.81 bits per heavy atom. The third-order valence-corrected chi connectivity index (χ3v) is 4.65. The standard InChI is InChI=1S/C18H19N7OS/c1-2-5-14(6-3-1)20-16-21-17(24-19-13-15-7-4-12-27-15)23-18(22-16)25-8-10-26-11-9-25/h1-7,12-13H,8-11H2,(H2,20,21,22,23,24)/b19-13-. The molecule has 0 spiro atoms. The lowest BCUT2D eigenvalue weighted by molar-refractivity contribution is 0.122. The second-order valence-corrected chi connectivity index (χ2v) is 6.74. The number of nitrogens with zero attached hydrogens (tertiary/aromatic N) is 5. The van der Waals surface area contributed by atoms with E-state index in [1.165, 1.54) is 0 Å². The first-order valence-corrected chi connectivity index (χ1v) is 9.48. The van der Waals surface area contributed by atoms with Gasteiger partial charge in [0.25, 0.3) is 0 Å². The summed E-state index contributed by atoms with van der Waals surface area (Å²) in [6.45, 7) is 2.80. The quantitative estimate of drug-likeness (QED) is 0.501. The van der Waals surface area contributed by atoms with Gasteiger partial charge in [0.15, 0.2) is 0 Å². The molecular formula is C18H19N7OS. The number of hydrogen-bond donors (Lipinski definition) is 2. The Hall–Kier alpha value is -3.04. The largest absolute Gasteiger partial charge is 0.378 e. The summed E-state index contributed by atoms with van der Waals surface area (Å²) in [6.07, 6.45) is 1.74. The Balaban J connectivity index is 1.57. The SMILES string of the molecule is C(=N/Nc1nc(Nc2ccccc2)nc(N2CCOCC2)n1)/c1cccs1. The van der Waals surface area contributed by atoms with Gasteiger partial charge in [-0.25, -0.2) is 5.43 Å². The van der Waals surface area contributed by atoms with E-state index in [2.05, 4.69) is 35.7 Å². The number of aromatic nitrogens is 3. The fourth-order valence-corrected chi connectivity index (χ4v) is 3.13. The smallest absolute Gasteiger partial charge is 0.250 e. The lowest BCUT2D eigenvalue weighted by atomic mass is 10.3. The normalized spacial score (nSPS) is 14.4. The van der Waals surface area contributed by atoms with E-state index in [-0.39, 0.29) is 0 Å². The van der Waals surface area contributed by atoms with Gasteiger partial charge in [-0.2, -0.15) is 20.1 Å². The van der Waals surface area contributed by atoms with E-state index in [1.807, 2.05) is 47.8 Å². The third-order valence-electron chi connectivity index (χ3n) is 3.85. The van der Waals surface area contributed by atoms with Crippen molar-refractivity contribution in [3.63, 3.8) is 0 Å². The Kier molecular flexibility index (Phi) is 5.51. The van der Waals surface area contributed by atoms with E-state index in [9.17, 15) is 0 Å². The van der Waals surface area contributed by atoms with Gasteiger partial charge in [-0.3, -0.25) is 0 Å². The highest BCUT2D eigenvalue weighted by Gasteiger charge is 2.16. The van der Waals surface area contributed by atoms with Crippen LogP contribution in [0.5, 0.6) is 0 Å². The zero-order chi connectivity index (χ0) is 18.3. The number of morpholine rings is 1. The lowest BCUT2D eigenvalue weighted by Gasteiger charge is -2.27. The molecule has 27 heavy (non-hydrogen) atoms. The molecule has 1 fully saturated rings. The molecule has 9 heteroatoms. The number of rotatable bonds is 6. The Morgan fingerprint density at radius 1 is 1.00 bits per heavy atom. The van der Waals surface area contributed by atoms with Crippen molar-refractivity contribution in [2.45, 2.75) is 0 Å². The predicted molar refractivity (Wildman–Crippen MR) is 108 cm³/mol. The topological polar surface area (TPSA) is 87.6 Å². The molecule has 2 N–H and O–H groups in total. The van der Waals surface area contributed by atoms with Crippen LogP contribution in [0.2, 0.25) is 0 Å². The van der Waals surface area contributed by atoms with Gasteiger partial charge in [0, 0.05) is 23.7 Å². The molecule has 0 unspecified atom stereocenters. The number of ether oxygens (including phenoxy) is 1. The number of hydrazone groups is 1. The summed E-state index contributed by atoms with van der Waals surface area (Å²) in [5.74, 6) is 1.45. The second-order valence-electron chi connectivity index (χ2n) is 5.76. The van der Waals surface area contributed by atoms with Gasteiger partial charge in [0.2, 0.25) is 17.8 Å². The molecule has 2 aromatic heterocycles. The first-order valence-electron chi connectivity index (χ1n) is 8.60. The zero-order valence-corrected chi connectivity index (χ0v) is 15.4. The van der Waals surface area contributed by atoms with Crippen molar-refractivity contribution in [2.24, 2.45) is 5.10 Å². The van der Waals surface area contributed by atoms with Crippen molar-refractivity contribution < 1.29 is 4.74 Å². The molecule has 0 amide bonds. The van der Waals surface area contributed by atoms with Gasteiger partial charge in [0.05, 0.1) is 19.4 Å². The molecule has 0 saturated carbocycles. The number of benzene rings is 1. The molecular weight excluding hydrogens is 362 g/mol. The number of nitrogens with one attached hydrogen (secondary N) is 2. The Morgan fingerprint density at radius 3 is 2.59 bits per heavy atom. The van der Waals surface area contributed by atoms with Crippen LogP contribution in [0.4, 0.5) is 23.5 Å². The molecule has 1 saturated heterocycles. The van der Waals surface area contributed by atoms with Crippen LogP contribution >= 0.6 is 11.3 Å². The van der Waals surface area contributed by atoms with Crippen molar-refractivity contribution in [1.29, 1.82) is 0 Å². The molecule has 0 aliphatic carbocycles. The predicted octanol–water partition coefficient (Wildman–Crippen LogP) is 2.96. The van der Waals surface area contributed by atoms with Crippen molar-refractivity contribution in [2.75, 3.05) is 41.9 Å². The van der Waals surface area contributed by atoms with Gasteiger partial charge in [-0.05, 0) is 23.6 Å². The van der Waals surface area contributed by atoms with E-state index in [0.29, 0.717) is 31.1 Å². The zero-order valence-electron chi connectivity index (χ0n) is 14.6. The minimum absolute atomic E-state index is 0.387. The Bertz CT molecular complexity index is 880. The first kappa shape index (κ1) is 17.4. The van der Waals surface area contributed by atoms with E-state index in [4.69, 9.17) is 4.74 Å². The molecule has 1 aliphatic rings. The van der Waals surface area contributed by atoms with Gasteiger partial charge in [-0.1, -0.05) is 24.3 Å². The summed E-state index contributed by atoms with van der Waals surface area (Å²) in [5, 5.41) is 9.45. The molecule has 3 heterocycles. The molecule has 0 bridgehead atoms. The highest BCUT2D eigenvalue weighted by molar-refractivity contribution is 7.11. The van der Waals surface area contributed by atoms with E-state index < -0.39 is 0 Å². The molecule has 138 valence electrons. The van der Waals surface area contributed by atoms with E-state index in [0.717, 1.165) is 23.7 Å².